The first kappa shape index (κ1) is 16.6. The van der Waals surface area contributed by atoms with Crippen molar-refractivity contribution in [3.05, 3.63) is 57.8 Å². The van der Waals surface area contributed by atoms with Gasteiger partial charge in [-0.05, 0) is 43.7 Å². The molecule has 1 heterocycles. The van der Waals surface area contributed by atoms with Crippen molar-refractivity contribution in [1.29, 1.82) is 0 Å². The fraction of sp³-hybridized carbons (Fsp3) is 0.250. The lowest BCUT2D eigenvalue weighted by Crippen LogP contribution is -2.36. The molecule has 0 aliphatic rings. The van der Waals surface area contributed by atoms with Crippen molar-refractivity contribution in [3.8, 4) is 0 Å². The SMILES string of the molecule is CC(C)N(Cc1ccc(Cl)c(Cl)c1)C(=O)c1ccc(N)cn1. The smallest absolute Gasteiger partial charge is 0.272 e. The first-order valence-electron chi connectivity index (χ1n) is 6.85. The Kier molecular flexibility index (Phi) is 5.27. The van der Waals surface area contributed by atoms with Gasteiger partial charge in [-0.15, -0.1) is 0 Å². The first-order chi connectivity index (χ1) is 10.4. The summed E-state index contributed by atoms with van der Waals surface area (Å²) in [6.45, 7) is 4.33. The van der Waals surface area contributed by atoms with Gasteiger partial charge in [0.05, 0.1) is 21.9 Å². The minimum Gasteiger partial charge on any atom is -0.397 e. The van der Waals surface area contributed by atoms with E-state index in [2.05, 4.69) is 4.98 Å². The zero-order valence-corrected chi connectivity index (χ0v) is 13.9. The number of carbonyl (C=O) groups excluding carboxylic acids is 1. The van der Waals surface area contributed by atoms with Gasteiger partial charge in [-0.2, -0.15) is 0 Å². The van der Waals surface area contributed by atoms with Gasteiger partial charge in [0.1, 0.15) is 5.69 Å². The van der Waals surface area contributed by atoms with Crippen molar-refractivity contribution in [3.63, 3.8) is 0 Å². The van der Waals surface area contributed by atoms with Gasteiger partial charge in [0.25, 0.3) is 5.91 Å². The zero-order valence-electron chi connectivity index (χ0n) is 12.4. The maximum atomic E-state index is 12.6. The van der Waals surface area contributed by atoms with E-state index in [9.17, 15) is 4.79 Å². The number of pyridine rings is 1. The summed E-state index contributed by atoms with van der Waals surface area (Å²) in [5.74, 6) is -0.152. The minimum absolute atomic E-state index is 0.0151. The van der Waals surface area contributed by atoms with Gasteiger partial charge < -0.3 is 10.6 Å². The molecular formula is C16H17Cl2N3O. The molecule has 0 aliphatic carbocycles. The zero-order chi connectivity index (χ0) is 16.3. The molecule has 2 N–H and O–H groups in total. The number of hydrogen-bond acceptors (Lipinski definition) is 3. The van der Waals surface area contributed by atoms with Crippen molar-refractivity contribution in [2.75, 3.05) is 5.73 Å². The Morgan fingerprint density at radius 2 is 1.95 bits per heavy atom. The number of rotatable bonds is 4. The fourth-order valence-corrected chi connectivity index (χ4v) is 2.32. The maximum absolute atomic E-state index is 12.6. The summed E-state index contributed by atoms with van der Waals surface area (Å²) in [5, 5.41) is 0.967. The van der Waals surface area contributed by atoms with Crippen LogP contribution in [0.5, 0.6) is 0 Å². The van der Waals surface area contributed by atoms with Crippen LogP contribution in [0.1, 0.15) is 29.9 Å². The van der Waals surface area contributed by atoms with Crippen molar-refractivity contribution >= 4 is 34.8 Å². The molecule has 0 spiro atoms. The van der Waals surface area contributed by atoms with Gasteiger partial charge in [0.15, 0.2) is 0 Å². The summed E-state index contributed by atoms with van der Waals surface area (Å²) >= 11 is 11.9. The Bertz CT molecular complexity index is 672. The van der Waals surface area contributed by atoms with Gasteiger partial charge in [-0.1, -0.05) is 29.3 Å². The second-order valence-electron chi connectivity index (χ2n) is 5.25. The third-order valence-corrected chi connectivity index (χ3v) is 3.97. The highest BCUT2D eigenvalue weighted by molar-refractivity contribution is 6.42. The van der Waals surface area contributed by atoms with Crippen molar-refractivity contribution in [2.24, 2.45) is 0 Å². The summed E-state index contributed by atoms with van der Waals surface area (Å²) in [4.78, 5) is 18.4. The van der Waals surface area contributed by atoms with Crippen LogP contribution in [0.4, 0.5) is 5.69 Å². The average molecular weight is 338 g/mol. The van der Waals surface area contributed by atoms with Crippen molar-refractivity contribution < 1.29 is 4.79 Å². The van der Waals surface area contributed by atoms with Gasteiger partial charge >= 0.3 is 0 Å². The van der Waals surface area contributed by atoms with E-state index in [1.54, 1.807) is 29.2 Å². The summed E-state index contributed by atoms with van der Waals surface area (Å²) in [7, 11) is 0. The molecule has 116 valence electrons. The van der Waals surface area contributed by atoms with Crippen molar-refractivity contribution in [2.45, 2.75) is 26.4 Å². The Morgan fingerprint density at radius 3 is 2.50 bits per heavy atom. The highest BCUT2D eigenvalue weighted by Gasteiger charge is 2.20. The van der Waals surface area contributed by atoms with Gasteiger partial charge in [-0.3, -0.25) is 4.79 Å². The number of halogens is 2. The lowest BCUT2D eigenvalue weighted by Gasteiger charge is -2.26. The number of nitrogen functional groups attached to an aromatic ring is 1. The van der Waals surface area contributed by atoms with E-state index >= 15 is 0 Å². The molecule has 0 saturated carbocycles. The van der Waals surface area contributed by atoms with Gasteiger partial charge in [0, 0.05) is 12.6 Å². The molecular weight excluding hydrogens is 321 g/mol. The number of nitrogens with zero attached hydrogens (tertiary/aromatic N) is 2. The molecule has 1 amide bonds. The van der Waals surface area contributed by atoms with E-state index in [0.717, 1.165) is 5.56 Å². The van der Waals surface area contributed by atoms with Gasteiger partial charge in [-0.25, -0.2) is 4.98 Å². The molecule has 6 heteroatoms. The standard InChI is InChI=1S/C16H17Cl2N3O/c1-10(2)21(9-11-3-5-13(17)14(18)7-11)16(22)15-6-4-12(19)8-20-15/h3-8,10H,9,19H2,1-2H3. The number of anilines is 1. The van der Waals surface area contributed by atoms with Crippen LogP contribution in [0.15, 0.2) is 36.5 Å². The summed E-state index contributed by atoms with van der Waals surface area (Å²) in [5.41, 5.74) is 7.40. The highest BCUT2D eigenvalue weighted by atomic mass is 35.5. The third-order valence-electron chi connectivity index (χ3n) is 3.23. The van der Waals surface area contributed by atoms with Crippen LogP contribution in [0.3, 0.4) is 0 Å². The van der Waals surface area contributed by atoms with Crippen LogP contribution >= 0.6 is 23.2 Å². The fourth-order valence-electron chi connectivity index (χ4n) is 2.00. The van der Waals surface area contributed by atoms with E-state index in [1.165, 1.54) is 6.20 Å². The Balaban J connectivity index is 2.24. The Morgan fingerprint density at radius 1 is 1.23 bits per heavy atom. The molecule has 0 radical (unpaired) electrons. The number of hydrogen-bond donors (Lipinski definition) is 1. The van der Waals surface area contributed by atoms with E-state index in [-0.39, 0.29) is 11.9 Å². The van der Waals surface area contributed by atoms with Crippen molar-refractivity contribution in [1.82, 2.24) is 9.88 Å². The second kappa shape index (κ2) is 6.99. The lowest BCUT2D eigenvalue weighted by molar-refractivity contribution is 0.0684. The topological polar surface area (TPSA) is 59.2 Å². The van der Waals surface area contributed by atoms with E-state index in [4.69, 9.17) is 28.9 Å². The van der Waals surface area contributed by atoms with Gasteiger partial charge in [0.2, 0.25) is 0 Å². The molecule has 1 aromatic heterocycles. The Hall–Kier alpha value is -1.78. The van der Waals surface area contributed by atoms with Crippen LogP contribution in [0.2, 0.25) is 10.0 Å². The highest BCUT2D eigenvalue weighted by Crippen LogP contribution is 2.24. The van der Waals surface area contributed by atoms with E-state index < -0.39 is 0 Å². The predicted octanol–water partition coefficient (Wildman–Crippen LogP) is 4.02. The molecule has 2 aromatic rings. The van der Waals surface area contributed by atoms with Crippen LogP contribution in [-0.2, 0) is 6.54 Å². The maximum Gasteiger partial charge on any atom is 0.272 e. The monoisotopic (exact) mass is 337 g/mol. The lowest BCUT2D eigenvalue weighted by atomic mass is 10.1. The predicted molar refractivity (Wildman–Crippen MR) is 90.1 cm³/mol. The Labute approximate surface area is 139 Å². The normalized spacial score (nSPS) is 10.8. The summed E-state index contributed by atoms with van der Waals surface area (Å²) in [6.07, 6.45) is 1.48. The summed E-state index contributed by atoms with van der Waals surface area (Å²) < 4.78 is 0. The van der Waals surface area contributed by atoms with Crippen LogP contribution in [0, 0.1) is 0 Å². The van der Waals surface area contributed by atoms with E-state index in [0.29, 0.717) is 28.0 Å². The molecule has 0 unspecified atom stereocenters. The third kappa shape index (κ3) is 3.90. The second-order valence-corrected chi connectivity index (χ2v) is 6.07. The molecule has 0 bridgehead atoms. The number of aromatic nitrogens is 1. The number of carbonyl (C=O) groups is 1. The van der Waals surface area contributed by atoms with Crippen LogP contribution in [-0.4, -0.2) is 21.8 Å². The van der Waals surface area contributed by atoms with Crippen LogP contribution in [0.25, 0.3) is 0 Å². The molecule has 2 rings (SSSR count). The molecule has 0 aliphatic heterocycles. The van der Waals surface area contributed by atoms with E-state index in [1.807, 2.05) is 19.9 Å². The molecule has 0 saturated heterocycles. The quantitative estimate of drug-likeness (QED) is 0.916. The number of nitrogens with two attached hydrogens (primary N) is 1. The number of amides is 1. The minimum atomic E-state index is -0.152. The molecule has 22 heavy (non-hydrogen) atoms. The molecule has 4 nitrogen and oxygen atoms in total. The number of benzene rings is 1. The average Bonchev–Trinajstić information content (AvgIpc) is 2.48. The first-order valence-corrected chi connectivity index (χ1v) is 7.60. The molecule has 0 fully saturated rings. The molecule has 0 atom stereocenters. The van der Waals surface area contributed by atoms with Crippen LogP contribution < -0.4 is 5.73 Å². The summed E-state index contributed by atoms with van der Waals surface area (Å²) in [6, 6.07) is 8.65. The largest absolute Gasteiger partial charge is 0.397 e. The molecule has 1 aromatic carbocycles.